The maximum Gasteiger partial charge on any atom is 0.404 e. The molecule has 1 amide bonds. The highest BCUT2D eigenvalue weighted by Crippen LogP contribution is 2.19. The zero-order chi connectivity index (χ0) is 19.6. The van der Waals surface area contributed by atoms with Crippen molar-refractivity contribution in [3.8, 4) is 5.69 Å². The highest BCUT2D eigenvalue weighted by Gasteiger charge is 2.18. The smallest absolute Gasteiger partial charge is 0.404 e. The number of carbonyl (C=O) groups is 1. The van der Waals surface area contributed by atoms with Gasteiger partial charge in [-0.25, -0.2) is 22.9 Å². The number of aryl methyl sites for hydroxylation is 1. The highest BCUT2D eigenvalue weighted by atomic mass is 19.1. The summed E-state index contributed by atoms with van der Waals surface area (Å²) in [5, 5.41) is 10.2. The first-order valence-electron chi connectivity index (χ1n) is 8.01. The lowest BCUT2D eigenvalue weighted by Gasteiger charge is -2.14. The van der Waals surface area contributed by atoms with E-state index in [2.05, 4.69) is 10.3 Å². The monoisotopic (exact) mass is 377 g/mol. The predicted octanol–water partition coefficient (Wildman–Crippen LogP) is 3.00. The van der Waals surface area contributed by atoms with Crippen molar-refractivity contribution in [2.45, 2.75) is 12.8 Å². The van der Waals surface area contributed by atoms with Crippen LogP contribution in [0.25, 0.3) is 16.6 Å². The van der Waals surface area contributed by atoms with Crippen LogP contribution >= 0.6 is 0 Å². The molecule has 1 heterocycles. The minimum Gasteiger partial charge on any atom is -0.465 e. The molecule has 0 radical (unpaired) electrons. The molecule has 0 saturated carbocycles. The first kappa shape index (κ1) is 18.4. The molecule has 0 unspecified atom stereocenters. The number of carboxylic acid groups (broad SMARTS) is 1. The second-order valence-electron chi connectivity index (χ2n) is 5.74. The van der Waals surface area contributed by atoms with Crippen molar-refractivity contribution in [1.29, 1.82) is 0 Å². The van der Waals surface area contributed by atoms with E-state index in [4.69, 9.17) is 5.11 Å². The molecule has 1 aromatic heterocycles. The molecule has 2 N–H and O–H groups in total. The topological polar surface area (TPSA) is 84.2 Å². The fourth-order valence-electron chi connectivity index (χ4n) is 2.75. The van der Waals surface area contributed by atoms with E-state index >= 15 is 0 Å². The van der Waals surface area contributed by atoms with Gasteiger partial charge in [0.15, 0.2) is 0 Å². The van der Waals surface area contributed by atoms with Gasteiger partial charge in [-0.1, -0.05) is 6.07 Å². The highest BCUT2D eigenvalue weighted by molar-refractivity contribution is 5.79. The molecule has 3 aromatic rings. The van der Waals surface area contributed by atoms with Gasteiger partial charge in [-0.3, -0.25) is 9.36 Å². The van der Waals surface area contributed by atoms with Crippen molar-refractivity contribution in [2.24, 2.45) is 0 Å². The van der Waals surface area contributed by atoms with Crippen LogP contribution in [0.3, 0.4) is 0 Å². The molecule has 9 heteroatoms. The van der Waals surface area contributed by atoms with E-state index in [0.717, 1.165) is 22.8 Å². The lowest BCUT2D eigenvalue weighted by atomic mass is 10.2. The van der Waals surface area contributed by atoms with Gasteiger partial charge in [-0.05, 0) is 36.8 Å². The summed E-state index contributed by atoms with van der Waals surface area (Å²) in [5.41, 5.74) is -1.18. The Morgan fingerprint density at radius 2 is 1.89 bits per heavy atom. The molecular formula is C18H14F3N3O3. The molecular weight excluding hydrogens is 363 g/mol. The molecule has 6 nitrogen and oxygen atoms in total. The summed E-state index contributed by atoms with van der Waals surface area (Å²) in [5.74, 6) is -2.35. The van der Waals surface area contributed by atoms with Crippen LogP contribution in [0, 0.1) is 17.5 Å². The normalized spacial score (nSPS) is 10.9. The van der Waals surface area contributed by atoms with E-state index in [1.165, 1.54) is 18.2 Å². The largest absolute Gasteiger partial charge is 0.465 e. The summed E-state index contributed by atoms with van der Waals surface area (Å²) in [6.45, 7) is 0.0675. The fourth-order valence-corrected chi connectivity index (χ4v) is 2.75. The number of hydrogen-bond donors (Lipinski definition) is 2. The molecule has 3 rings (SSSR count). The van der Waals surface area contributed by atoms with Crippen LogP contribution in [0.2, 0.25) is 0 Å². The zero-order valence-corrected chi connectivity index (χ0v) is 13.9. The predicted molar refractivity (Wildman–Crippen MR) is 91.6 cm³/mol. The third-order valence-corrected chi connectivity index (χ3v) is 3.91. The van der Waals surface area contributed by atoms with Gasteiger partial charge in [0.05, 0.1) is 5.69 Å². The number of benzene rings is 2. The minimum atomic E-state index is -1.21. The Labute approximate surface area is 150 Å². The molecule has 0 atom stereocenters. The van der Waals surface area contributed by atoms with Gasteiger partial charge in [0.1, 0.15) is 34.2 Å². The van der Waals surface area contributed by atoms with Gasteiger partial charge in [0.2, 0.25) is 0 Å². The molecule has 2 aromatic carbocycles. The van der Waals surface area contributed by atoms with Gasteiger partial charge in [-0.15, -0.1) is 0 Å². The molecule has 0 aliphatic heterocycles. The van der Waals surface area contributed by atoms with Crippen molar-refractivity contribution in [3.63, 3.8) is 0 Å². The lowest BCUT2D eigenvalue weighted by molar-refractivity contribution is 0.194. The number of nitrogens with zero attached hydrogens (tertiary/aromatic N) is 2. The third kappa shape index (κ3) is 3.76. The second-order valence-corrected chi connectivity index (χ2v) is 5.74. The molecule has 0 fully saturated rings. The van der Waals surface area contributed by atoms with Crippen molar-refractivity contribution >= 4 is 17.0 Å². The Balaban J connectivity index is 2.18. The van der Waals surface area contributed by atoms with Crippen LogP contribution in [0.15, 0.2) is 41.2 Å². The van der Waals surface area contributed by atoms with Crippen LogP contribution in [0.1, 0.15) is 12.2 Å². The molecule has 0 spiro atoms. The molecule has 0 saturated heterocycles. The minimum absolute atomic E-state index is 0.0646. The summed E-state index contributed by atoms with van der Waals surface area (Å²) in [6, 6.07) is 6.76. The summed E-state index contributed by atoms with van der Waals surface area (Å²) < 4.78 is 42.9. The zero-order valence-electron chi connectivity index (χ0n) is 13.9. The number of aromatic nitrogens is 2. The molecule has 0 aliphatic rings. The van der Waals surface area contributed by atoms with Crippen molar-refractivity contribution in [1.82, 2.24) is 14.9 Å². The maximum atomic E-state index is 14.2. The maximum absolute atomic E-state index is 14.2. The van der Waals surface area contributed by atoms with E-state index in [0.29, 0.717) is 0 Å². The standard InChI is InChI=1S/C18H14F3N3O3/c19-10-3-1-4-11(9-10)24-14(5-2-8-22-18(26)27)23-16-13(21)7-6-12(20)15(16)17(24)25/h1,3-4,6-7,9,22H,2,5,8H2,(H,26,27). The van der Waals surface area contributed by atoms with Crippen molar-refractivity contribution in [3.05, 3.63) is 70.0 Å². The van der Waals surface area contributed by atoms with Gasteiger partial charge in [0, 0.05) is 13.0 Å². The number of hydrogen-bond acceptors (Lipinski definition) is 3. The third-order valence-electron chi connectivity index (χ3n) is 3.91. The summed E-state index contributed by atoms with van der Waals surface area (Å²) in [6.07, 6.45) is -0.883. The Bertz CT molecular complexity index is 1080. The fraction of sp³-hybridized carbons (Fsp3) is 0.167. The van der Waals surface area contributed by atoms with Crippen molar-refractivity contribution in [2.75, 3.05) is 6.54 Å². The number of fused-ring (bicyclic) bond motifs is 1. The molecule has 0 bridgehead atoms. The molecule has 140 valence electrons. The number of nitrogens with one attached hydrogen (secondary N) is 1. The Morgan fingerprint density at radius 3 is 2.59 bits per heavy atom. The van der Waals surface area contributed by atoms with Gasteiger partial charge >= 0.3 is 6.09 Å². The average Bonchev–Trinajstić information content (AvgIpc) is 2.61. The Kier molecular flexibility index (Phi) is 5.11. The van der Waals surface area contributed by atoms with Gasteiger partial charge < -0.3 is 10.4 Å². The molecule has 0 aliphatic carbocycles. The van der Waals surface area contributed by atoms with E-state index in [1.807, 2.05) is 0 Å². The van der Waals surface area contributed by atoms with Crippen LogP contribution in [0.5, 0.6) is 0 Å². The summed E-state index contributed by atoms with van der Waals surface area (Å²) >= 11 is 0. The van der Waals surface area contributed by atoms with Gasteiger partial charge in [-0.2, -0.15) is 0 Å². The second kappa shape index (κ2) is 7.48. The van der Waals surface area contributed by atoms with Gasteiger partial charge in [0.25, 0.3) is 5.56 Å². The van der Waals surface area contributed by atoms with Crippen LogP contribution in [-0.4, -0.2) is 27.3 Å². The lowest BCUT2D eigenvalue weighted by Crippen LogP contribution is -2.27. The Hall–Kier alpha value is -3.36. The van der Waals surface area contributed by atoms with E-state index in [-0.39, 0.29) is 30.9 Å². The van der Waals surface area contributed by atoms with E-state index in [9.17, 15) is 22.8 Å². The van der Waals surface area contributed by atoms with Crippen LogP contribution < -0.4 is 10.9 Å². The Morgan fingerprint density at radius 1 is 1.15 bits per heavy atom. The summed E-state index contributed by atoms with van der Waals surface area (Å²) in [7, 11) is 0. The van der Waals surface area contributed by atoms with E-state index in [1.54, 1.807) is 0 Å². The first-order chi connectivity index (χ1) is 12.9. The molecule has 27 heavy (non-hydrogen) atoms. The quantitative estimate of drug-likeness (QED) is 0.670. The van der Waals surface area contributed by atoms with Crippen LogP contribution in [0.4, 0.5) is 18.0 Å². The van der Waals surface area contributed by atoms with Crippen molar-refractivity contribution < 1.29 is 23.1 Å². The average molecular weight is 377 g/mol. The number of halogens is 3. The van der Waals surface area contributed by atoms with Crippen LogP contribution in [-0.2, 0) is 6.42 Å². The number of rotatable bonds is 5. The van der Waals surface area contributed by atoms with E-state index < -0.39 is 40.0 Å². The first-order valence-corrected chi connectivity index (χ1v) is 8.01. The summed E-state index contributed by atoms with van der Waals surface area (Å²) in [4.78, 5) is 27.5. The SMILES string of the molecule is O=C(O)NCCCc1nc2c(F)ccc(F)c2c(=O)n1-c1cccc(F)c1. The number of amides is 1.